The van der Waals surface area contributed by atoms with Gasteiger partial charge in [0.05, 0.1) is 10.6 Å². The fourth-order valence-electron chi connectivity index (χ4n) is 3.25. The Morgan fingerprint density at radius 1 is 1.26 bits per heavy atom. The second-order valence-electron chi connectivity index (χ2n) is 6.82. The van der Waals surface area contributed by atoms with Crippen LogP contribution in [0.4, 0.5) is 5.00 Å². The fraction of sp³-hybridized carbons (Fsp3) is 0.400. The van der Waals surface area contributed by atoms with Gasteiger partial charge in [0, 0.05) is 4.88 Å². The highest BCUT2D eigenvalue weighted by molar-refractivity contribution is 7.17. The Balaban J connectivity index is 1.79. The summed E-state index contributed by atoms with van der Waals surface area (Å²) in [6.45, 7) is 3.57. The molecule has 3 rings (SSSR count). The molecule has 0 fully saturated rings. The predicted molar refractivity (Wildman–Crippen MR) is 109 cm³/mol. The van der Waals surface area contributed by atoms with Gasteiger partial charge in [-0.25, -0.2) is 0 Å². The number of carbonyl (C=O) groups excluding carboxylic acids is 2. The minimum absolute atomic E-state index is 0.341. The third-order valence-electron chi connectivity index (χ3n) is 4.66. The van der Waals surface area contributed by atoms with Crippen LogP contribution in [0.1, 0.15) is 52.5 Å². The normalized spacial score (nSPS) is 14.8. The van der Waals surface area contributed by atoms with Crippen molar-refractivity contribution in [3.63, 3.8) is 0 Å². The Morgan fingerprint density at radius 2 is 2.00 bits per heavy atom. The van der Waals surface area contributed by atoms with E-state index in [-0.39, 0.29) is 5.91 Å². The summed E-state index contributed by atoms with van der Waals surface area (Å²) in [6.07, 6.45) is 4.23. The Bertz CT molecular complexity index is 878. The molecule has 0 radical (unpaired) electrons. The molecule has 5 nitrogen and oxygen atoms in total. The molecule has 1 unspecified atom stereocenters. The van der Waals surface area contributed by atoms with E-state index in [2.05, 4.69) is 5.32 Å². The summed E-state index contributed by atoms with van der Waals surface area (Å²) in [5, 5.41) is 3.80. The van der Waals surface area contributed by atoms with Crippen LogP contribution in [0.15, 0.2) is 18.2 Å². The van der Waals surface area contributed by atoms with Crippen molar-refractivity contribution < 1.29 is 14.3 Å². The number of aryl methyl sites for hydroxylation is 2. The minimum Gasteiger partial charge on any atom is -0.479 e. The van der Waals surface area contributed by atoms with Gasteiger partial charge < -0.3 is 15.8 Å². The van der Waals surface area contributed by atoms with Gasteiger partial charge in [0.25, 0.3) is 11.8 Å². The van der Waals surface area contributed by atoms with Crippen molar-refractivity contribution in [2.45, 2.75) is 52.1 Å². The second kappa shape index (κ2) is 8.31. The molecule has 1 aromatic heterocycles. The van der Waals surface area contributed by atoms with Crippen LogP contribution < -0.4 is 15.8 Å². The smallest absolute Gasteiger partial charge is 0.265 e. The number of hydrogen-bond donors (Lipinski definition) is 2. The molecule has 0 saturated carbocycles. The summed E-state index contributed by atoms with van der Waals surface area (Å²) in [5.74, 6) is -0.386. The van der Waals surface area contributed by atoms with E-state index in [1.807, 2.05) is 13.0 Å². The van der Waals surface area contributed by atoms with Gasteiger partial charge in [-0.05, 0) is 62.8 Å². The molecular formula is C20H23ClN2O3S. The number of rotatable bonds is 5. The van der Waals surface area contributed by atoms with Gasteiger partial charge in [-0.1, -0.05) is 24.1 Å². The largest absolute Gasteiger partial charge is 0.479 e. The van der Waals surface area contributed by atoms with Crippen LogP contribution in [0.25, 0.3) is 0 Å². The Hall–Kier alpha value is -2.05. The maximum atomic E-state index is 12.6. The number of nitrogens with two attached hydrogens (primary N) is 1. The third kappa shape index (κ3) is 4.45. The summed E-state index contributed by atoms with van der Waals surface area (Å²) >= 11 is 7.59. The molecule has 1 aliphatic rings. The van der Waals surface area contributed by atoms with Gasteiger partial charge in [0.2, 0.25) is 0 Å². The summed E-state index contributed by atoms with van der Waals surface area (Å²) in [5.41, 5.74) is 8.05. The summed E-state index contributed by atoms with van der Waals surface area (Å²) in [6, 6.07) is 5.39. The molecule has 1 aliphatic carbocycles. The van der Waals surface area contributed by atoms with Gasteiger partial charge in [-0.2, -0.15) is 0 Å². The standard InChI is InChI=1S/C20H23ClN2O3S/c1-11-8-9-14(21)15(10-11)26-12(2)19(25)23-20-17(18(22)24)13-6-4-3-5-7-16(13)27-20/h8-10,12H,3-7H2,1-2H3,(H2,22,24)(H,23,25). The monoisotopic (exact) mass is 406 g/mol. The van der Waals surface area contributed by atoms with Crippen molar-refractivity contribution in [2.24, 2.45) is 5.73 Å². The van der Waals surface area contributed by atoms with Gasteiger partial charge in [-0.3, -0.25) is 9.59 Å². The summed E-state index contributed by atoms with van der Waals surface area (Å²) in [7, 11) is 0. The molecule has 0 aliphatic heterocycles. The number of halogens is 1. The lowest BCUT2D eigenvalue weighted by Gasteiger charge is -2.16. The molecule has 1 aromatic carbocycles. The number of ether oxygens (including phenoxy) is 1. The number of primary amides is 1. The van der Waals surface area contributed by atoms with Crippen molar-refractivity contribution in [3.05, 3.63) is 44.8 Å². The molecule has 1 atom stereocenters. The molecule has 0 spiro atoms. The number of fused-ring (bicyclic) bond motifs is 1. The number of benzene rings is 1. The molecule has 0 bridgehead atoms. The van der Waals surface area contributed by atoms with E-state index in [0.717, 1.165) is 48.1 Å². The van der Waals surface area contributed by atoms with E-state index >= 15 is 0 Å². The minimum atomic E-state index is -0.771. The first-order valence-corrected chi connectivity index (χ1v) is 10.2. The molecule has 2 aromatic rings. The molecule has 1 heterocycles. The lowest BCUT2D eigenvalue weighted by atomic mass is 10.1. The number of thiophene rings is 1. The lowest BCUT2D eigenvalue weighted by Crippen LogP contribution is -2.30. The maximum Gasteiger partial charge on any atom is 0.265 e. The predicted octanol–water partition coefficient (Wildman–Crippen LogP) is 4.48. The number of nitrogens with one attached hydrogen (secondary N) is 1. The van der Waals surface area contributed by atoms with Crippen molar-refractivity contribution in [2.75, 3.05) is 5.32 Å². The first-order chi connectivity index (χ1) is 12.9. The zero-order valence-electron chi connectivity index (χ0n) is 15.4. The lowest BCUT2D eigenvalue weighted by molar-refractivity contribution is -0.122. The Morgan fingerprint density at radius 3 is 2.74 bits per heavy atom. The van der Waals surface area contributed by atoms with E-state index in [1.54, 1.807) is 19.1 Å². The Kier molecular flexibility index (Phi) is 6.07. The van der Waals surface area contributed by atoms with Crippen molar-refractivity contribution in [1.29, 1.82) is 0 Å². The van der Waals surface area contributed by atoms with Crippen molar-refractivity contribution in [3.8, 4) is 5.75 Å². The van der Waals surface area contributed by atoms with Crippen LogP contribution in [0.5, 0.6) is 5.75 Å². The molecule has 7 heteroatoms. The number of anilines is 1. The molecule has 3 N–H and O–H groups in total. The zero-order valence-corrected chi connectivity index (χ0v) is 17.0. The van der Waals surface area contributed by atoms with Crippen molar-refractivity contribution >= 4 is 39.8 Å². The fourth-order valence-corrected chi connectivity index (χ4v) is 4.71. The van der Waals surface area contributed by atoms with Gasteiger partial charge in [0.1, 0.15) is 10.8 Å². The van der Waals surface area contributed by atoms with E-state index in [0.29, 0.717) is 21.3 Å². The summed E-state index contributed by atoms with van der Waals surface area (Å²) in [4.78, 5) is 25.8. The molecular weight excluding hydrogens is 384 g/mol. The van der Waals surface area contributed by atoms with E-state index in [4.69, 9.17) is 22.1 Å². The molecule has 2 amide bonds. The van der Waals surface area contributed by atoms with E-state index in [1.165, 1.54) is 11.3 Å². The van der Waals surface area contributed by atoms with Crippen LogP contribution in [-0.2, 0) is 17.6 Å². The zero-order chi connectivity index (χ0) is 19.6. The highest BCUT2D eigenvalue weighted by Gasteiger charge is 2.26. The average Bonchev–Trinajstić information content (AvgIpc) is 2.79. The topological polar surface area (TPSA) is 81.4 Å². The highest BCUT2D eigenvalue weighted by atomic mass is 35.5. The number of carbonyl (C=O) groups is 2. The third-order valence-corrected chi connectivity index (χ3v) is 6.18. The van der Waals surface area contributed by atoms with Gasteiger partial charge >= 0.3 is 0 Å². The SMILES string of the molecule is Cc1ccc(Cl)c(OC(C)C(=O)Nc2sc3c(c2C(N)=O)CCCCC3)c1. The summed E-state index contributed by atoms with van der Waals surface area (Å²) < 4.78 is 5.73. The van der Waals surface area contributed by atoms with E-state index in [9.17, 15) is 9.59 Å². The van der Waals surface area contributed by atoms with Crippen LogP contribution in [0.3, 0.4) is 0 Å². The van der Waals surface area contributed by atoms with Crippen LogP contribution >= 0.6 is 22.9 Å². The van der Waals surface area contributed by atoms with Crippen LogP contribution in [0.2, 0.25) is 5.02 Å². The molecule has 144 valence electrons. The van der Waals surface area contributed by atoms with Gasteiger partial charge in [0.15, 0.2) is 6.10 Å². The van der Waals surface area contributed by atoms with Crippen LogP contribution in [0, 0.1) is 6.92 Å². The second-order valence-corrected chi connectivity index (χ2v) is 8.33. The molecule has 0 saturated heterocycles. The van der Waals surface area contributed by atoms with E-state index < -0.39 is 12.0 Å². The van der Waals surface area contributed by atoms with Crippen molar-refractivity contribution in [1.82, 2.24) is 0 Å². The quantitative estimate of drug-likeness (QED) is 0.718. The molecule has 27 heavy (non-hydrogen) atoms. The highest BCUT2D eigenvalue weighted by Crippen LogP contribution is 2.37. The first-order valence-electron chi connectivity index (χ1n) is 9.05. The maximum absolute atomic E-state index is 12.6. The van der Waals surface area contributed by atoms with Gasteiger partial charge in [-0.15, -0.1) is 11.3 Å². The number of amides is 2. The van der Waals surface area contributed by atoms with Crippen LogP contribution in [-0.4, -0.2) is 17.9 Å². The first kappa shape index (κ1) is 19.7. The average molecular weight is 407 g/mol. The Labute approximate surface area is 167 Å². The number of hydrogen-bond acceptors (Lipinski definition) is 4.